The van der Waals surface area contributed by atoms with Crippen molar-refractivity contribution in [2.24, 2.45) is 0 Å². The fourth-order valence-corrected chi connectivity index (χ4v) is 7.42. The molecule has 2 N–H and O–H groups in total. The molecule has 37 heavy (non-hydrogen) atoms. The summed E-state index contributed by atoms with van der Waals surface area (Å²) in [6.45, 7) is 3.05. The van der Waals surface area contributed by atoms with Crippen LogP contribution in [0.25, 0.3) is 11.0 Å². The number of hydrogen-bond donors (Lipinski definition) is 2. The summed E-state index contributed by atoms with van der Waals surface area (Å²) in [6.07, 6.45) is 2.22. The lowest BCUT2D eigenvalue weighted by atomic mass is 10.2. The second-order valence-electron chi connectivity index (χ2n) is 9.98. The Bertz CT molecular complexity index is 1290. The van der Waals surface area contributed by atoms with E-state index in [0.717, 1.165) is 45.0 Å². The Morgan fingerprint density at radius 1 is 1.24 bits per heavy atom. The molecule has 0 bridgehead atoms. The van der Waals surface area contributed by atoms with E-state index >= 15 is 0 Å². The van der Waals surface area contributed by atoms with Crippen LogP contribution in [0.2, 0.25) is 0 Å². The van der Waals surface area contributed by atoms with Gasteiger partial charge in [0.25, 0.3) is 0 Å². The molecule has 1 amide bonds. The second kappa shape index (κ2) is 9.92. The predicted molar refractivity (Wildman–Crippen MR) is 134 cm³/mol. The maximum Gasteiger partial charge on any atom is 0.418 e. The third kappa shape index (κ3) is 5.08. The minimum atomic E-state index is -4.51. The molecular formula is C26H28F3N5O2S. The normalized spacial score (nSPS) is 26.1. The number of aryl methyl sites for hydroxylation is 1. The molecule has 6 rings (SSSR count). The predicted octanol–water partition coefficient (Wildman–Crippen LogP) is 3.90. The van der Waals surface area contributed by atoms with Gasteiger partial charge in [0.2, 0.25) is 5.91 Å². The average Bonchev–Trinajstić information content (AvgIpc) is 3.65. The Morgan fingerprint density at radius 2 is 2.14 bits per heavy atom. The van der Waals surface area contributed by atoms with Gasteiger partial charge < -0.3 is 15.0 Å². The van der Waals surface area contributed by atoms with Crippen LogP contribution in [-0.2, 0) is 28.5 Å². The summed E-state index contributed by atoms with van der Waals surface area (Å²) in [7, 11) is 0. The van der Waals surface area contributed by atoms with Crippen molar-refractivity contribution in [1.29, 1.82) is 0 Å². The smallest absolute Gasteiger partial charge is 0.380 e. The molecule has 196 valence electrons. The zero-order valence-corrected chi connectivity index (χ0v) is 20.9. The van der Waals surface area contributed by atoms with Gasteiger partial charge in [-0.2, -0.15) is 13.2 Å². The minimum Gasteiger partial charge on any atom is -0.380 e. The Balaban J connectivity index is 1.17. The maximum absolute atomic E-state index is 13.4. The molecule has 2 aliphatic heterocycles. The van der Waals surface area contributed by atoms with E-state index in [9.17, 15) is 18.0 Å². The highest BCUT2D eigenvalue weighted by Gasteiger charge is 2.41. The average molecular weight is 532 g/mol. The van der Waals surface area contributed by atoms with Crippen LogP contribution in [0, 0.1) is 0 Å². The van der Waals surface area contributed by atoms with Crippen molar-refractivity contribution in [2.75, 3.05) is 26.3 Å². The van der Waals surface area contributed by atoms with Gasteiger partial charge >= 0.3 is 6.18 Å². The van der Waals surface area contributed by atoms with Crippen LogP contribution in [-0.4, -0.2) is 69.4 Å². The number of aromatic amines is 1. The number of benzene rings is 1. The number of alkyl halides is 3. The molecule has 3 unspecified atom stereocenters. The Morgan fingerprint density at radius 3 is 2.95 bits per heavy atom. The molecule has 2 saturated heterocycles. The van der Waals surface area contributed by atoms with Crippen LogP contribution in [0.3, 0.4) is 0 Å². The lowest BCUT2D eigenvalue weighted by Gasteiger charge is -2.23. The van der Waals surface area contributed by atoms with Gasteiger partial charge in [0, 0.05) is 48.6 Å². The van der Waals surface area contributed by atoms with E-state index in [1.54, 1.807) is 6.07 Å². The van der Waals surface area contributed by atoms with Crippen LogP contribution in [0.4, 0.5) is 13.2 Å². The summed E-state index contributed by atoms with van der Waals surface area (Å²) >= 11 is 1.91. The zero-order valence-electron chi connectivity index (χ0n) is 20.1. The minimum absolute atomic E-state index is 0.0703. The number of fused-ring (bicyclic) bond motifs is 2. The first kappa shape index (κ1) is 24.7. The number of carbonyl (C=O) groups is 1. The van der Waals surface area contributed by atoms with Crippen molar-refractivity contribution >= 4 is 28.7 Å². The molecule has 4 atom stereocenters. The molecule has 2 fully saturated rings. The number of H-pyrrole nitrogens is 1. The summed E-state index contributed by atoms with van der Waals surface area (Å²) in [5, 5.41) is 3.74. The number of ether oxygens (including phenoxy) is 1. The highest BCUT2D eigenvalue weighted by atomic mass is 32.2. The molecule has 2 aromatic heterocycles. The number of hydrogen-bond acceptors (Lipinski definition) is 6. The molecule has 1 aliphatic carbocycles. The van der Waals surface area contributed by atoms with Gasteiger partial charge in [0.15, 0.2) is 0 Å². The van der Waals surface area contributed by atoms with Crippen molar-refractivity contribution in [1.82, 2.24) is 25.2 Å². The van der Waals surface area contributed by atoms with Crippen molar-refractivity contribution in [3.05, 3.63) is 59.2 Å². The molecule has 0 radical (unpaired) electrons. The monoisotopic (exact) mass is 531 g/mol. The number of amides is 1. The van der Waals surface area contributed by atoms with E-state index in [-0.39, 0.29) is 40.5 Å². The molecule has 3 aromatic rings. The zero-order chi connectivity index (χ0) is 25.6. The van der Waals surface area contributed by atoms with Gasteiger partial charge in [-0.15, -0.1) is 11.8 Å². The summed E-state index contributed by atoms with van der Waals surface area (Å²) in [4.78, 5) is 26.8. The lowest BCUT2D eigenvalue weighted by molar-refractivity contribution is -0.136. The molecular weight excluding hydrogens is 503 g/mol. The van der Waals surface area contributed by atoms with Crippen LogP contribution < -0.4 is 5.32 Å². The number of aromatic nitrogens is 3. The number of rotatable bonds is 6. The summed E-state index contributed by atoms with van der Waals surface area (Å²) in [5.74, 6) is -0.0200. The third-order valence-corrected chi connectivity index (χ3v) is 9.21. The molecule has 4 heterocycles. The molecule has 7 nitrogen and oxygen atoms in total. The van der Waals surface area contributed by atoms with Gasteiger partial charge in [0.05, 0.1) is 30.1 Å². The summed E-state index contributed by atoms with van der Waals surface area (Å²) in [5.41, 5.74) is 1.93. The number of nitrogens with zero attached hydrogens (tertiary/aromatic N) is 3. The summed E-state index contributed by atoms with van der Waals surface area (Å²) < 4.78 is 45.7. The number of imidazole rings is 1. The van der Waals surface area contributed by atoms with Crippen LogP contribution in [0.1, 0.15) is 40.6 Å². The van der Waals surface area contributed by atoms with Crippen LogP contribution in [0.5, 0.6) is 0 Å². The van der Waals surface area contributed by atoms with Crippen LogP contribution >= 0.6 is 11.8 Å². The number of para-hydroxylation sites is 1. The number of pyridine rings is 1. The van der Waals surface area contributed by atoms with Gasteiger partial charge in [-0.3, -0.25) is 14.7 Å². The number of carbonyl (C=O) groups excluding carboxylic acids is 1. The van der Waals surface area contributed by atoms with E-state index in [1.807, 2.05) is 24.2 Å². The van der Waals surface area contributed by atoms with Crippen molar-refractivity contribution < 1.29 is 22.7 Å². The molecule has 0 saturated carbocycles. The number of halogens is 3. The van der Waals surface area contributed by atoms with E-state index in [0.29, 0.717) is 17.9 Å². The van der Waals surface area contributed by atoms with E-state index in [1.165, 1.54) is 17.2 Å². The third-order valence-electron chi connectivity index (χ3n) is 7.56. The SMILES string of the molecule is O=C(Cc1nc2c(C(F)(F)F)cccc2[nH]1)NC1CN(C2CCOC2)C[C@@H]1SC1CCc2cnccc21. The number of nitrogens with one attached hydrogen (secondary N) is 2. The van der Waals surface area contributed by atoms with E-state index < -0.39 is 11.7 Å². The highest BCUT2D eigenvalue weighted by molar-refractivity contribution is 8.00. The molecule has 11 heteroatoms. The van der Waals surface area contributed by atoms with Gasteiger partial charge in [-0.1, -0.05) is 6.07 Å². The Hall–Kier alpha value is -2.63. The van der Waals surface area contributed by atoms with Gasteiger partial charge in [-0.25, -0.2) is 4.98 Å². The fraction of sp³-hybridized carbons (Fsp3) is 0.500. The van der Waals surface area contributed by atoms with Crippen molar-refractivity contribution in [3.8, 4) is 0 Å². The largest absolute Gasteiger partial charge is 0.418 e. The standard InChI is InChI=1S/C26H28F3N5O2S/c27-26(28,29)18-2-1-3-19-25(18)33-23(31-19)10-24(35)32-20-12-34(16-7-9-36-14-16)13-22(20)37-21-5-4-15-11-30-8-6-17(15)21/h1-3,6,8,11,16,20-22H,4-5,7,9-10,12-14H2,(H,31,33)(H,32,35)/t16?,20?,21?,22-/m0/s1. The summed E-state index contributed by atoms with van der Waals surface area (Å²) in [6, 6.07) is 6.26. The van der Waals surface area contributed by atoms with E-state index in [4.69, 9.17) is 4.74 Å². The van der Waals surface area contributed by atoms with Gasteiger partial charge in [0.1, 0.15) is 11.3 Å². The fourth-order valence-electron chi connectivity index (χ4n) is 5.75. The first-order valence-electron chi connectivity index (χ1n) is 12.6. The lowest BCUT2D eigenvalue weighted by Crippen LogP contribution is -2.43. The number of likely N-dealkylation sites (tertiary alicyclic amines) is 1. The van der Waals surface area contributed by atoms with Crippen LogP contribution in [0.15, 0.2) is 36.7 Å². The quantitative estimate of drug-likeness (QED) is 0.502. The highest BCUT2D eigenvalue weighted by Crippen LogP contribution is 2.45. The topological polar surface area (TPSA) is 83.1 Å². The maximum atomic E-state index is 13.4. The Kier molecular flexibility index (Phi) is 6.62. The van der Waals surface area contributed by atoms with E-state index in [2.05, 4.69) is 31.2 Å². The van der Waals surface area contributed by atoms with Gasteiger partial charge in [-0.05, 0) is 48.6 Å². The van der Waals surface area contributed by atoms with Crippen molar-refractivity contribution in [3.63, 3.8) is 0 Å². The first-order chi connectivity index (χ1) is 17.8. The first-order valence-corrected chi connectivity index (χ1v) is 13.5. The molecule has 0 spiro atoms. The van der Waals surface area contributed by atoms with Crippen molar-refractivity contribution in [2.45, 2.75) is 54.4 Å². The molecule has 1 aromatic carbocycles. The number of thioether (sulfide) groups is 1. The second-order valence-corrected chi connectivity index (χ2v) is 11.4. The molecule has 3 aliphatic rings. The Labute approximate surface area is 216 Å².